The molecule has 0 amide bonds. The number of hydrogen-bond donors (Lipinski definition) is 0. The highest BCUT2D eigenvalue weighted by molar-refractivity contribution is 6.56. The SMILES string of the molecule is ClC1=CC(Cl)C(Cl)(C2(C3(Cl)C=CC(Cl)=CC3Cl)C(Cl)=C(Cl)C(Cl)=C2Cl)C=C1. The molecule has 0 saturated heterocycles. The molecule has 4 unspecified atom stereocenters. The van der Waals surface area contributed by atoms with Crippen LogP contribution in [0.25, 0.3) is 0 Å². The van der Waals surface area contributed by atoms with Crippen molar-refractivity contribution in [3.8, 4) is 0 Å². The van der Waals surface area contributed by atoms with Crippen LogP contribution in [-0.4, -0.2) is 20.5 Å². The van der Waals surface area contributed by atoms with Crippen molar-refractivity contribution >= 4 is 116 Å². The van der Waals surface area contributed by atoms with Crippen molar-refractivity contribution in [3.05, 3.63) is 66.6 Å². The molecule has 0 aliphatic heterocycles. The van der Waals surface area contributed by atoms with Crippen LogP contribution in [0, 0.1) is 5.41 Å². The average Bonchev–Trinajstić information content (AvgIpc) is 2.77. The van der Waals surface area contributed by atoms with Crippen molar-refractivity contribution in [1.29, 1.82) is 0 Å². The summed E-state index contributed by atoms with van der Waals surface area (Å²) in [4.78, 5) is -3.01. The predicted molar refractivity (Wildman–Crippen MR) is 122 cm³/mol. The summed E-state index contributed by atoms with van der Waals surface area (Å²) < 4.78 is 0. The molecule has 146 valence electrons. The Bertz CT molecular complexity index is 804. The average molecular weight is 567 g/mol. The van der Waals surface area contributed by atoms with Gasteiger partial charge in [0.1, 0.15) is 9.75 Å². The number of halogens is 10. The summed E-state index contributed by atoms with van der Waals surface area (Å²) in [5.74, 6) is 0. The molecule has 0 aromatic heterocycles. The molecular formula is C17H8Cl10. The molecule has 4 atom stereocenters. The molecule has 0 fully saturated rings. The summed E-state index contributed by atoms with van der Waals surface area (Å²) in [6.45, 7) is 0. The van der Waals surface area contributed by atoms with Gasteiger partial charge in [-0.05, 0) is 24.3 Å². The standard InChI is InChI=1S/C17H8Cl10/c18-7-1-3-15(26,9(20)5-7)17(13(24)11(22)12(23)14(17)25)16(27)4-2-8(19)6-10(16)21/h1-6,9-10H. The first kappa shape index (κ1) is 23.0. The Kier molecular flexibility index (Phi) is 6.64. The van der Waals surface area contributed by atoms with Gasteiger partial charge in [-0.1, -0.05) is 81.8 Å². The lowest BCUT2D eigenvalue weighted by Crippen LogP contribution is -2.62. The summed E-state index contributed by atoms with van der Waals surface area (Å²) >= 11 is 65.7. The van der Waals surface area contributed by atoms with E-state index in [1.165, 1.54) is 0 Å². The Morgan fingerprint density at radius 2 is 0.963 bits per heavy atom. The first-order valence-corrected chi connectivity index (χ1v) is 11.2. The second-order valence-electron chi connectivity index (χ2n) is 6.12. The van der Waals surface area contributed by atoms with Crippen LogP contribution in [0.5, 0.6) is 0 Å². The van der Waals surface area contributed by atoms with E-state index >= 15 is 0 Å². The largest absolute Gasteiger partial charge is 0.116 e. The van der Waals surface area contributed by atoms with Crippen LogP contribution in [0.4, 0.5) is 0 Å². The van der Waals surface area contributed by atoms with E-state index in [1.807, 2.05) is 0 Å². The zero-order valence-corrected chi connectivity index (χ0v) is 20.5. The quantitative estimate of drug-likeness (QED) is 0.293. The van der Waals surface area contributed by atoms with Gasteiger partial charge in [0.15, 0.2) is 0 Å². The Morgan fingerprint density at radius 1 is 0.630 bits per heavy atom. The molecule has 3 rings (SSSR count). The van der Waals surface area contributed by atoms with Crippen molar-refractivity contribution in [1.82, 2.24) is 0 Å². The fourth-order valence-electron chi connectivity index (χ4n) is 3.47. The zero-order valence-electron chi connectivity index (χ0n) is 12.9. The van der Waals surface area contributed by atoms with Crippen LogP contribution in [0.1, 0.15) is 0 Å². The normalized spacial score (nSPS) is 38.4. The molecule has 0 heterocycles. The highest BCUT2D eigenvalue weighted by Crippen LogP contribution is 2.71. The van der Waals surface area contributed by atoms with E-state index in [0.717, 1.165) is 0 Å². The summed E-state index contributed by atoms with van der Waals surface area (Å²) in [5.41, 5.74) is -1.60. The van der Waals surface area contributed by atoms with Crippen LogP contribution in [0.3, 0.4) is 0 Å². The third-order valence-electron chi connectivity index (χ3n) is 4.77. The fourth-order valence-corrected chi connectivity index (χ4v) is 7.52. The zero-order chi connectivity index (χ0) is 20.4. The molecule has 0 bridgehead atoms. The Morgan fingerprint density at radius 3 is 1.26 bits per heavy atom. The molecule has 27 heavy (non-hydrogen) atoms. The molecule has 0 nitrogen and oxygen atoms in total. The summed E-state index contributed by atoms with van der Waals surface area (Å²) in [7, 11) is 0. The van der Waals surface area contributed by atoms with Gasteiger partial charge in [0.05, 0.1) is 36.3 Å². The third-order valence-corrected chi connectivity index (χ3v) is 9.72. The fraction of sp³-hybridized carbons (Fsp3) is 0.294. The molecular weight excluding hydrogens is 559 g/mol. The molecule has 10 heteroatoms. The maximum atomic E-state index is 7.09. The number of allylic oxidation sites excluding steroid dienone is 12. The van der Waals surface area contributed by atoms with Crippen LogP contribution < -0.4 is 0 Å². The molecule has 0 aromatic carbocycles. The number of alkyl halides is 4. The maximum Gasteiger partial charge on any atom is 0.100 e. The topological polar surface area (TPSA) is 0 Å². The monoisotopic (exact) mass is 562 g/mol. The first-order chi connectivity index (χ1) is 12.4. The van der Waals surface area contributed by atoms with Crippen molar-refractivity contribution in [2.45, 2.75) is 20.5 Å². The molecule has 0 saturated carbocycles. The summed E-state index contributed by atoms with van der Waals surface area (Å²) in [6, 6.07) is 0. The van der Waals surface area contributed by atoms with Gasteiger partial charge in [-0.2, -0.15) is 0 Å². The molecule has 3 aliphatic rings. The molecule has 0 radical (unpaired) electrons. The minimum Gasteiger partial charge on any atom is -0.116 e. The molecule has 3 aliphatic carbocycles. The van der Waals surface area contributed by atoms with Crippen LogP contribution >= 0.6 is 116 Å². The van der Waals surface area contributed by atoms with Gasteiger partial charge in [0, 0.05) is 10.1 Å². The number of rotatable bonds is 2. The van der Waals surface area contributed by atoms with Crippen LogP contribution in [0.15, 0.2) is 66.6 Å². The Labute approximate surface area is 206 Å². The van der Waals surface area contributed by atoms with E-state index in [9.17, 15) is 0 Å². The molecule has 0 N–H and O–H groups in total. The highest BCUT2D eigenvalue weighted by Gasteiger charge is 2.71. The van der Waals surface area contributed by atoms with E-state index < -0.39 is 25.9 Å². The smallest absolute Gasteiger partial charge is 0.100 e. The minimum absolute atomic E-state index is 0.0132. The number of hydrogen-bond acceptors (Lipinski definition) is 0. The van der Waals surface area contributed by atoms with Gasteiger partial charge in [-0.15, -0.1) is 46.4 Å². The van der Waals surface area contributed by atoms with E-state index in [4.69, 9.17) is 116 Å². The predicted octanol–water partition coefficient (Wildman–Crippen LogP) is 8.92. The summed E-state index contributed by atoms with van der Waals surface area (Å²) in [6.07, 6.45) is 9.38. The minimum atomic E-state index is -1.60. The Hall–Kier alpha value is 1.34. The van der Waals surface area contributed by atoms with Gasteiger partial charge >= 0.3 is 0 Å². The van der Waals surface area contributed by atoms with E-state index in [1.54, 1.807) is 36.5 Å². The second kappa shape index (κ2) is 7.79. The summed E-state index contributed by atoms with van der Waals surface area (Å²) in [5, 5.41) is -0.894. The lowest BCUT2D eigenvalue weighted by atomic mass is 9.61. The maximum absolute atomic E-state index is 7.09. The van der Waals surface area contributed by atoms with Gasteiger partial charge in [-0.3, -0.25) is 0 Å². The molecule has 0 spiro atoms. The first-order valence-electron chi connectivity index (χ1n) is 7.34. The third kappa shape index (κ3) is 3.09. The lowest BCUT2D eigenvalue weighted by Gasteiger charge is -2.55. The Balaban J connectivity index is 2.39. The lowest BCUT2D eigenvalue weighted by molar-refractivity contribution is 0.306. The van der Waals surface area contributed by atoms with Crippen molar-refractivity contribution in [2.75, 3.05) is 0 Å². The van der Waals surface area contributed by atoms with Gasteiger partial charge in [-0.25, -0.2) is 0 Å². The van der Waals surface area contributed by atoms with Gasteiger partial charge < -0.3 is 0 Å². The van der Waals surface area contributed by atoms with Gasteiger partial charge in [0.2, 0.25) is 0 Å². The highest BCUT2D eigenvalue weighted by atomic mass is 35.5. The van der Waals surface area contributed by atoms with Crippen LogP contribution in [0.2, 0.25) is 0 Å². The van der Waals surface area contributed by atoms with E-state index in [0.29, 0.717) is 10.1 Å². The van der Waals surface area contributed by atoms with Crippen molar-refractivity contribution in [2.24, 2.45) is 5.41 Å². The van der Waals surface area contributed by atoms with Gasteiger partial charge in [0.25, 0.3) is 0 Å². The second-order valence-corrected chi connectivity index (χ2v) is 10.7. The van der Waals surface area contributed by atoms with Crippen LogP contribution in [-0.2, 0) is 0 Å². The van der Waals surface area contributed by atoms with E-state index in [-0.39, 0.29) is 20.1 Å². The molecule has 0 aromatic rings. The van der Waals surface area contributed by atoms with E-state index in [2.05, 4.69) is 0 Å². The van der Waals surface area contributed by atoms with Crippen molar-refractivity contribution < 1.29 is 0 Å². The van der Waals surface area contributed by atoms with Crippen molar-refractivity contribution in [3.63, 3.8) is 0 Å².